The van der Waals surface area contributed by atoms with E-state index in [1.54, 1.807) is 20.8 Å². The van der Waals surface area contributed by atoms with Gasteiger partial charge in [-0.15, -0.1) is 0 Å². The molecule has 0 saturated carbocycles. The average molecular weight is 645 g/mol. The molecule has 2 aromatic carbocycles. The number of esters is 1. The Hall–Kier alpha value is -2.29. The largest absolute Gasteiger partial charge is 0.523 e. The van der Waals surface area contributed by atoms with Gasteiger partial charge in [-0.05, 0) is 22.3 Å². The molecule has 8 nitrogen and oxygen atoms in total. The number of hydrogen-bond acceptors (Lipinski definition) is 8. The van der Waals surface area contributed by atoms with Gasteiger partial charge in [-0.2, -0.15) is 21.6 Å². The number of alkyl halides is 3. The summed E-state index contributed by atoms with van der Waals surface area (Å²) in [5, 5.41) is 1.55. The van der Waals surface area contributed by atoms with Crippen LogP contribution in [0.2, 0.25) is 5.04 Å². The summed E-state index contributed by atoms with van der Waals surface area (Å²) in [6, 6.07) is 19.5. The zero-order valence-corrected chi connectivity index (χ0v) is 27.1. The minimum absolute atomic E-state index is 0.122. The molecule has 43 heavy (non-hydrogen) atoms. The number of ether oxygens (including phenoxy) is 3. The van der Waals surface area contributed by atoms with E-state index in [-0.39, 0.29) is 6.61 Å². The molecule has 13 heteroatoms. The average Bonchev–Trinajstić information content (AvgIpc) is 3.35. The van der Waals surface area contributed by atoms with Crippen molar-refractivity contribution < 1.29 is 49.2 Å². The molecule has 2 saturated heterocycles. The van der Waals surface area contributed by atoms with Crippen LogP contribution < -0.4 is 10.4 Å². The van der Waals surface area contributed by atoms with E-state index in [9.17, 15) is 26.4 Å². The molecule has 0 unspecified atom stereocenters. The molecule has 0 amide bonds. The van der Waals surface area contributed by atoms with Crippen LogP contribution >= 0.6 is 0 Å². The number of methoxy groups -OCH3 is 1. The molecule has 0 bridgehead atoms. The van der Waals surface area contributed by atoms with Gasteiger partial charge in [0.25, 0.3) is 8.32 Å². The molecular weight excluding hydrogens is 605 g/mol. The Morgan fingerprint density at radius 2 is 1.44 bits per heavy atom. The summed E-state index contributed by atoms with van der Waals surface area (Å²) in [4.78, 5) is 13.7. The summed E-state index contributed by atoms with van der Waals surface area (Å²) >= 11 is 0. The van der Waals surface area contributed by atoms with Crippen molar-refractivity contribution in [3.63, 3.8) is 0 Å². The van der Waals surface area contributed by atoms with Crippen LogP contribution in [0, 0.1) is 17.3 Å². The number of hydrogen-bond donors (Lipinski definition) is 0. The van der Waals surface area contributed by atoms with Crippen LogP contribution in [-0.4, -0.2) is 66.5 Å². The molecule has 5 atom stereocenters. The highest BCUT2D eigenvalue weighted by atomic mass is 32.2. The van der Waals surface area contributed by atoms with Gasteiger partial charge in [-0.1, -0.05) is 95.3 Å². The van der Waals surface area contributed by atoms with E-state index in [1.807, 2.05) is 60.7 Å². The summed E-state index contributed by atoms with van der Waals surface area (Å²) in [6.07, 6.45) is -2.30. The SMILES string of the molecule is CO[C@]1(C(C)C)O[C@@H](COS(=O)(=O)C(F)(F)F)[C@@H]2[C@@H](CO[Si](c3ccccc3)(c3ccccc3)C(C)(C)C)OC(=O)[C@@]21C. The van der Waals surface area contributed by atoms with Gasteiger partial charge in [-0.3, -0.25) is 8.98 Å². The monoisotopic (exact) mass is 644 g/mol. The molecule has 2 fully saturated rings. The van der Waals surface area contributed by atoms with Crippen LogP contribution in [0.4, 0.5) is 13.2 Å². The molecular formula is C30H39F3O8SSi. The highest BCUT2D eigenvalue weighted by molar-refractivity contribution is 7.87. The lowest BCUT2D eigenvalue weighted by atomic mass is 9.67. The molecule has 238 valence electrons. The van der Waals surface area contributed by atoms with E-state index in [4.69, 9.17) is 18.6 Å². The topological polar surface area (TPSA) is 97.4 Å². The zero-order valence-electron chi connectivity index (χ0n) is 25.3. The molecule has 0 spiro atoms. The molecule has 2 heterocycles. The van der Waals surface area contributed by atoms with E-state index in [0.717, 1.165) is 10.4 Å². The second kappa shape index (κ2) is 11.6. The second-order valence-electron chi connectivity index (χ2n) is 12.5. The van der Waals surface area contributed by atoms with Gasteiger partial charge in [0.2, 0.25) is 0 Å². The molecule has 2 aliphatic heterocycles. The number of carbonyl (C=O) groups is 1. The summed E-state index contributed by atoms with van der Waals surface area (Å²) < 4.78 is 92.4. The van der Waals surface area contributed by atoms with Crippen LogP contribution in [0.25, 0.3) is 0 Å². The van der Waals surface area contributed by atoms with Crippen molar-refractivity contribution in [2.45, 2.75) is 70.1 Å². The van der Waals surface area contributed by atoms with Gasteiger partial charge >= 0.3 is 21.6 Å². The fourth-order valence-electron chi connectivity index (χ4n) is 6.95. The summed E-state index contributed by atoms with van der Waals surface area (Å²) in [6.45, 7) is 10.2. The quantitative estimate of drug-likeness (QED) is 0.163. The lowest BCUT2D eigenvalue weighted by Crippen LogP contribution is -2.67. The highest BCUT2D eigenvalue weighted by Gasteiger charge is 2.75. The van der Waals surface area contributed by atoms with Crippen molar-refractivity contribution in [3.8, 4) is 0 Å². The molecule has 2 aliphatic rings. The van der Waals surface area contributed by atoms with E-state index >= 15 is 0 Å². The van der Waals surface area contributed by atoms with E-state index in [0.29, 0.717) is 0 Å². The second-order valence-corrected chi connectivity index (χ2v) is 18.4. The molecule has 2 aromatic rings. The van der Waals surface area contributed by atoms with Crippen LogP contribution in [0.3, 0.4) is 0 Å². The van der Waals surface area contributed by atoms with Gasteiger partial charge in [0.1, 0.15) is 11.5 Å². The van der Waals surface area contributed by atoms with Crippen LogP contribution in [0.1, 0.15) is 41.5 Å². The van der Waals surface area contributed by atoms with Crippen molar-refractivity contribution in [1.82, 2.24) is 0 Å². The van der Waals surface area contributed by atoms with Gasteiger partial charge in [-0.25, -0.2) is 0 Å². The Morgan fingerprint density at radius 1 is 0.930 bits per heavy atom. The number of rotatable bonds is 10. The lowest BCUT2D eigenvalue weighted by molar-refractivity contribution is -0.278. The van der Waals surface area contributed by atoms with Crippen molar-refractivity contribution >= 4 is 34.8 Å². The Labute approximate surface area is 252 Å². The number of fused-ring (bicyclic) bond motifs is 1. The van der Waals surface area contributed by atoms with Crippen LogP contribution in [-0.2, 0) is 37.7 Å². The van der Waals surface area contributed by atoms with Crippen molar-refractivity contribution in [1.29, 1.82) is 0 Å². The Morgan fingerprint density at radius 3 is 1.86 bits per heavy atom. The predicted molar refractivity (Wildman–Crippen MR) is 155 cm³/mol. The number of halogens is 3. The lowest BCUT2D eigenvalue weighted by Gasteiger charge is -2.43. The fraction of sp³-hybridized carbons (Fsp3) is 0.567. The first kappa shape index (κ1) is 33.6. The fourth-order valence-corrected chi connectivity index (χ4v) is 12.0. The van der Waals surface area contributed by atoms with Crippen molar-refractivity contribution in [3.05, 3.63) is 60.7 Å². The van der Waals surface area contributed by atoms with E-state index in [2.05, 4.69) is 25.0 Å². The van der Waals surface area contributed by atoms with Gasteiger partial charge in [0, 0.05) is 18.9 Å². The molecule has 0 aliphatic carbocycles. The highest BCUT2D eigenvalue weighted by Crippen LogP contribution is 2.60. The third-order valence-electron chi connectivity index (χ3n) is 8.82. The Kier molecular flexibility index (Phi) is 9.04. The van der Waals surface area contributed by atoms with E-state index < -0.39 is 76.8 Å². The maximum atomic E-state index is 13.7. The Balaban J connectivity index is 1.78. The first-order chi connectivity index (χ1) is 19.9. The van der Waals surface area contributed by atoms with E-state index in [1.165, 1.54) is 7.11 Å². The van der Waals surface area contributed by atoms with Crippen LogP contribution in [0.5, 0.6) is 0 Å². The molecule has 4 rings (SSSR count). The third-order valence-corrected chi connectivity index (χ3v) is 14.8. The Bertz CT molecular complexity index is 1360. The van der Waals surface area contributed by atoms with Crippen LogP contribution in [0.15, 0.2) is 60.7 Å². The number of cyclic esters (lactones) is 1. The molecule has 0 aromatic heterocycles. The predicted octanol–water partition coefficient (Wildman–Crippen LogP) is 4.37. The van der Waals surface area contributed by atoms with Crippen molar-refractivity contribution in [2.75, 3.05) is 20.3 Å². The summed E-state index contributed by atoms with van der Waals surface area (Å²) in [5.41, 5.74) is -7.13. The third kappa shape index (κ3) is 5.35. The summed E-state index contributed by atoms with van der Waals surface area (Å²) in [7, 11) is -7.70. The molecule has 0 N–H and O–H groups in total. The maximum absolute atomic E-state index is 13.7. The minimum atomic E-state index is -5.93. The number of benzene rings is 2. The summed E-state index contributed by atoms with van der Waals surface area (Å²) in [5.74, 6) is -3.73. The number of carbonyl (C=O) groups excluding carboxylic acids is 1. The first-order valence-corrected chi connectivity index (χ1v) is 17.4. The standard InChI is InChI=1S/C30H39F3O8SSi/c1-20(2)29(37-7)28(6)25(24(41-29)18-38-42(35,36)30(31,32)33)23(40-26(28)34)19-39-43(27(3,4)5,21-14-10-8-11-15-21)22-16-12-9-13-17-22/h8-17,20,23-25H,18-19H2,1-7H3/t23-,24+,25+,28-,29-/m1/s1. The van der Waals surface area contributed by atoms with Gasteiger partial charge in [0.15, 0.2) is 5.79 Å². The van der Waals surface area contributed by atoms with Crippen molar-refractivity contribution in [2.24, 2.45) is 17.3 Å². The van der Waals surface area contributed by atoms with Gasteiger partial charge < -0.3 is 18.6 Å². The minimum Gasteiger partial charge on any atom is -0.459 e. The molecule has 0 radical (unpaired) electrons. The first-order valence-electron chi connectivity index (χ1n) is 14.0. The smallest absolute Gasteiger partial charge is 0.459 e. The maximum Gasteiger partial charge on any atom is 0.523 e. The zero-order chi connectivity index (χ0) is 32.1. The van der Waals surface area contributed by atoms with Gasteiger partial charge in [0.05, 0.1) is 19.3 Å². The normalized spacial score (nSPS) is 28.3.